The predicted octanol–water partition coefficient (Wildman–Crippen LogP) is 0.760. The summed E-state index contributed by atoms with van der Waals surface area (Å²) in [6.45, 7) is 3.27. The molecule has 0 radical (unpaired) electrons. The van der Waals surface area contributed by atoms with Crippen molar-refractivity contribution >= 4 is 12.0 Å². The first-order valence-electron chi connectivity index (χ1n) is 6.39. The van der Waals surface area contributed by atoms with Crippen molar-refractivity contribution in [2.45, 2.75) is 32.3 Å². The highest BCUT2D eigenvalue weighted by Crippen LogP contribution is 2.13. The second-order valence-electron chi connectivity index (χ2n) is 4.33. The summed E-state index contributed by atoms with van der Waals surface area (Å²) in [5.41, 5.74) is 0. The molecule has 1 aliphatic rings. The van der Waals surface area contributed by atoms with Gasteiger partial charge in [-0.2, -0.15) is 0 Å². The fourth-order valence-electron chi connectivity index (χ4n) is 1.83. The number of nitrogens with zero attached hydrogens (tertiary/aromatic N) is 1. The molecule has 18 heavy (non-hydrogen) atoms. The monoisotopic (exact) mass is 258 g/mol. The van der Waals surface area contributed by atoms with Gasteiger partial charge in [-0.1, -0.05) is 0 Å². The number of urea groups is 1. The zero-order valence-corrected chi connectivity index (χ0v) is 11.1. The molecule has 0 aromatic carbocycles. The van der Waals surface area contributed by atoms with Crippen LogP contribution in [0.3, 0.4) is 0 Å². The van der Waals surface area contributed by atoms with Crippen LogP contribution in [0.1, 0.15) is 26.2 Å². The molecule has 1 fully saturated rings. The van der Waals surface area contributed by atoms with E-state index in [-0.39, 0.29) is 18.7 Å². The number of hydrogen-bond acceptors (Lipinski definition) is 4. The SMILES string of the molecule is CCOC(=O)CNC(=O)N(C)CC1CCCCO1. The maximum atomic E-state index is 11.7. The van der Waals surface area contributed by atoms with Gasteiger partial charge in [0.25, 0.3) is 0 Å². The van der Waals surface area contributed by atoms with Gasteiger partial charge in [0.05, 0.1) is 12.7 Å². The van der Waals surface area contributed by atoms with E-state index in [0.29, 0.717) is 13.2 Å². The van der Waals surface area contributed by atoms with Gasteiger partial charge in [0, 0.05) is 20.2 Å². The van der Waals surface area contributed by atoms with Crippen molar-refractivity contribution in [3.63, 3.8) is 0 Å². The summed E-state index contributed by atoms with van der Waals surface area (Å²) in [6.07, 6.45) is 3.32. The Bertz CT molecular complexity index is 277. The molecule has 2 amide bonds. The van der Waals surface area contributed by atoms with Crippen molar-refractivity contribution in [2.75, 3.05) is 33.4 Å². The number of rotatable bonds is 5. The van der Waals surface area contributed by atoms with Crippen molar-refractivity contribution in [1.29, 1.82) is 0 Å². The normalized spacial score (nSPS) is 19.1. The molecule has 0 aliphatic carbocycles. The molecule has 0 aromatic rings. The van der Waals surface area contributed by atoms with Gasteiger partial charge >= 0.3 is 12.0 Å². The topological polar surface area (TPSA) is 67.9 Å². The second-order valence-corrected chi connectivity index (χ2v) is 4.33. The maximum absolute atomic E-state index is 11.7. The molecule has 104 valence electrons. The highest BCUT2D eigenvalue weighted by Gasteiger charge is 2.19. The molecule has 0 spiro atoms. The smallest absolute Gasteiger partial charge is 0.325 e. The van der Waals surface area contributed by atoms with E-state index in [4.69, 9.17) is 9.47 Å². The Labute approximate surface area is 108 Å². The number of amides is 2. The second kappa shape index (κ2) is 7.92. The first-order chi connectivity index (χ1) is 8.63. The van der Waals surface area contributed by atoms with E-state index in [9.17, 15) is 9.59 Å². The lowest BCUT2D eigenvalue weighted by Gasteiger charge is -2.27. The van der Waals surface area contributed by atoms with Crippen LogP contribution in [0, 0.1) is 0 Å². The highest BCUT2D eigenvalue weighted by atomic mass is 16.5. The van der Waals surface area contributed by atoms with Crippen LogP contribution in [-0.4, -0.2) is 56.4 Å². The molecule has 1 saturated heterocycles. The van der Waals surface area contributed by atoms with E-state index >= 15 is 0 Å². The molecule has 1 aliphatic heterocycles. The predicted molar refractivity (Wildman–Crippen MR) is 66.3 cm³/mol. The van der Waals surface area contributed by atoms with E-state index in [2.05, 4.69) is 5.32 Å². The molecule has 0 saturated carbocycles. The molecule has 1 unspecified atom stereocenters. The van der Waals surface area contributed by atoms with E-state index in [0.717, 1.165) is 25.9 Å². The molecule has 1 heterocycles. The van der Waals surface area contributed by atoms with Crippen LogP contribution in [0.4, 0.5) is 4.79 Å². The summed E-state index contributed by atoms with van der Waals surface area (Å²) in [5.74, 6) is -0.423. The van der Waals surface area contributed by atoms with Crippen molar-refractivity contribution in [3.8, 4) is 0 Å². The Morgan fingerprint density at radius 1 is 1.44 bits per heavy atom. The third-order valence-electron chi connectivity index (χ3n) is 2.79. The Morgan fingerprint density at radius 3 is 2.83 bits per heavy atom. The van der Waals surface area contributed by atoms with E-state index < -0.39 is 5.97 Å². The minimum atomic E-state index is -0.423. The van der Waals surface area contributed by atoms with Crippen molar-refractivity contribution in [2.24, 2.45) is 0 Å². The summed E-state index contributed by atoms with van der Waals surface area (Å²) < 4.78 is 10.3. The number of esters is 1. The molecule has 6 heteroatoms. The largest absolute Gasteiger partial charge is 0.465 e. The maximum Gasteiger partial charge on any atom is 0.325 e. The zero-order valence-electron chi connectivity index (χ0n) is 11.1. The highest BCUT2D eigenvalue weighted by molar-refractivity contribution is 5.80. The lowest BCUT2D eigenvalue weighted by molar-refractivity contribution is -0.141. The molecule has 6 nitrogen and oxygen atoms in total. The van der Waals surface area contributed by atoms with Gasteiger partial charge in [0.2, 0.25) is 0 Å². The Balaban J connectivity index is 2.21. The van der Waals surface area contributed by atoms with Crippen molar-refractivity contribution in [3.05, 3.63) is 0 Å². The van der Waals surface area contributed by atoms with E-state index in [1.807, 2.05) is 0 Å². The Hall–Kier alpha value is -1.30. The minimum absolute atomic E-state index is 0.0947. The van der Waals surface area contributed by atoms with Crippen LogP contribution in [0.25, 0.3) is 0 Å². The third kappa shape index (κ3) is 5.35. The van der Waals surface area contributed by atoms with Gasteiger partial charge in [-0.15, -0.1) is 0 Å². The first kappa shape index (κ1) is 14.8. The first-order valence-corrected chi connectivity index (χ1v) is 6.39. The fraction of sp³-hybridized carbons (Fsp3) is 0.833. The Kier molecular flexibility index (Phi) is 6.49. The Morgan fingerprint density at radius 2 is 2.22 bits per heavy atom. The van der Waals surface area contributed by atoms with Crippen LogP contribution in [0.15, 0.2) is 0 Å². The summed E-state index contributed by atoms with van der Waals surface area (Å²) in [4.78, 5) is 24.3. The van der Waals surface area contributed by atoms with Gasteiger partial charge in [-0.25, -0.2) is 4.79 Å². The van der Waals surface area contributed by atoms with Crippen LogP contribution in [-0.2, 0) is 14.3 Å². The number of carbonyl (C=O) groups excluding carboxylic acids is 2. The van der Waals surface area contributed by atoms with Gasteiger partial charge in [-0.05, 0) is 26.2 Å². The van der Waals surface area contributed by atoms with Crippen LogP contribution in [0.2, 0.25) is 0 Å². The van der Waals surface area contributed by atoms with E-state index in [1.54, 1.807) is 14.0 Å². The molecular weight excluding hydrogens is 236 g/mol. The van der Waals surface area contributed by atoms with Crippen LogP contribution >= 0.6 is 0 Å². The molecule has 0 bridgehead atoms. The van der Waals surface area contributed by atoms with Crippen molar-refractivity contribution < 1.29 is 19.1 Å². The molecule has 1 rings (SSSR count). The zero-order chi connectivity index (χ0) is 13.4. The quantitative estimate of drug-likeness (QED) is 0.739. The number of carbonyl (C=O) groups is 2. The van der Waals surface area contributed by atoms with Gasteiger partial charge in [0.15, 0.2) is 0 Å². The number of hydrogen-bond donors (Lipinski definition) is 1. The summed E-state index contributed by atoms with van der Waals surface area (Å²) in [5, 5.41) is 2.51. The minimum Gasteiger partial charge on any atom is -0.465 e. The van der Waals surface area contributed by atoms with Gasteiger partial charge < -0.3 is 19.7 Å². The standard InChI is InChI=1S/C12H22N2O4/c1-3-17-11(15)8-13-12(16)14(2)9-10-6-4-5-7-18-10/h10H,3-9H2,1-2H3,(H,13,16). The summed E-state index contributed by atoms with van der Waals surface area (Å²) >= 11 is 0. The van der Waals surface area contributed by atoms with Crippen LogP contribution in [0.5, 0.6) is 0 Å². The fourth-order valence-corrected chi connectivity index (χ4v) is 1.83. The molecule has 1 atom stereocenters. The summed E-state index contributed by atoms with van der Waals surface area (Å²) in [6, 6.07) is -0.280. The molecule has 1 N–H and O–H groups in total. The lowest BCUT2D eigenvalue weighted by atomic mass is 10.1. The molecular formula is C12H22N2O4. The van der Waals surface area contributed by atoms with Crippen LogP contribution < -0.4 is 5.32 Å². The lowest BCUT2D eigenvalue weighted by Crippen LogP contribution is -2.44. The summed E-state index contributed by atoms with van der Waals surface area (Å²) in [7, 11) is 1.69. The van der Waals surface area contributed by atoms with Gasteiger partial charge in [-0.3, -0.25) is 4.79 Å². The number of ether oxygens (including phenoxy) is 2. The molecule has 0 aromatic heterocycles. The number of likely N-dealkylation sites (N-methyl/N-ethyl adjacent to an activating group) is 1. The number of nitrogens with one attached hydrogen (secondary N) is 1. The van der Waals surface area contributed by atoms with Gasteiger partial charge in [0.1, 0.15) is 6.54 Å². The average molecular weight is 258 g/mol. The third-order valence-corrected chi connectivity index (χ3v) is 2.79. The average Bonchev–Trinajstić information content (AvgIpc) is 2.37. The van der Waals surface area contributed by atoms with E-state index in [1.165, 1.54) is 4.90 Å². The van der Waals surface area contributed by atoms with Crippen molar-refractivity contribution in [1.82, 2.24) is 10.2 Å².